The molecule has 1 amide bonds. The molecule has 1 heterocycles. The van der Waals surface area contributed by atoms with Crippen LogP contribution in [0.25, 0.3) is 0 Å². The van der Waals surface area contributed by atoms with E-state index in [9.17, 15) is 4.79 Å². The van der Waals surface area contributed by atoms with Gasteiger partial charge >= 0.3 is 0 Å². The third kappa shape index (κ3) is 2.81. The van der Waals surface area contributed by atoms with Crippen molar-refractivity contribution in [2.45, 2.75) is 31.6 Å². The first-order valence-corrected chi connectivity index (χ1v) is 7.31. The molecule has 1 saturated heterocycles. The van der Waals surface area contributed by atoms with Crippen molar-refractivity contribution >= 4 is 5.91 Å². The van der Waals surface area contributed by atoms with E-state index in [4.69, 9.17) is 4.74 Å². The van der Waals surface area contributed by atoms with Gasteiger partial charge in [0.25, 0.3) is 5.91 Å². The summed E-state index contributed by atoms with van der Waals surface area (Å²) in [4.78, 5) is 14.2. The molecule has 2 fully saturated rings. The standard InChI is InChI=1S/C16H21NO2/c18-16(17-9-11-19-12-10-17)15-7-5-14(6-8-15)13-3-1-2-4-13/h5-8,13H,1-4,9-12H2. The Morgan fingerprint density at radius 3 is 2.32 bits per heavy atom. The third-order valence-corrected chi connectivity index (χ3v) is 4.28. The number of amides is 1. The number of ether oxygens (including phenoxy) is 1. The van der Waals surface area contributed by atoms with Crippen LogP contribution in [0.3, 0.4) is 0 Å². The maximum atomic E-state index is 12.3. The summed E-state index contributed by atoms with van der Waals surface area (Å²) in [6, 6.07) is 8.27. The molecule has 3 heteroatoms. The summed E-state index contributed by atoms with van der Waals surface area (Å²) in [6.45, 7) is 2.74. The SMILES string of the molecule is O=C(c1ccc(C2CCCC2)cc1)N1CCOCC1. The molecule has 1 aliphatic heterocycles. The van der Waals surface area contributed by atoms with Crippen LogP contribution in [0.1, 0.15) is 47.5 Å². The van der Waals surface area contributed by atoms with Gasteiger partial charge in [-0.3, -0.25) is 4.79 Å². The second-order valence-corrected chi connectivity index (χ2v) is 5.51. The van der Waals surface area contributed by atoms with Gasteiger partial charge in [-0.05, 0) is 36.5 Å². The molecule has 102 valence electrons. The monoisotopic (exact) mass is 259 g/mol. The van der Waals surface area contributed by atoms with Gasteiger partial charge < -0.3 is 9.64 Å². The van der Waals surface area contributed by atoms with Crippen LogP contribution in [0.15, 0.2) is 24.3 Å². The van der Waals surface area contributed by atoms with Gasteiger partial charge in [0.15, 0.2) is 0 Å². The molecule has 1 aliphatic carbocycles. The minimum Gasteiger partial charge on any atom is -0.378 e. The predicted molar refractivity (Wildman–Crippen MR) is 74.4 cm³/mol. The molecule has 19 heavy (non-hydrogen) atoms. The molecule has 0 unspecified atom stereocenters. The van der Waals surface area contributed by atoms with Gasteiger partial charge in [0.1, 0.15) is 0 Å². The van der Waals surface area contributed by atoms with Crippen LogP contribution in [0, 0.1) is 0 Å². The van der Waals surface area contributed by atoms with Gasteiger partial charge in [-0.15, -0.1) is 0 Å². The Balaban J connectivity index is 1.69. The largest absolute Gasteiger partial charge is 0.378 e. The molecule has 0 radical (unpaired) electrons. The van der Waals surface area contributed by atoms with E-state index in [1.807, 2.05) is 17.0 Å². The molecule has 0 atom stereocenters. The number of hydrogen-bond donors (Lipinski definition) is 0. The van der Waals surface area contributed by atoms with E-state index in [1.165, 1.54) is 31.2 Å². The lowest BCUT2D eigenvalue weighted by molar-refractivity contribution is 0.0303. The lowest BCUT2D eigenvalue weighted by Gasteiger charge is -2.27. The Hall–Kier alpha value is -1.35. The smallest absolute Gasteiger partial charge is 0.254 e. The number of benzene rings is 1. The van der Waals surface area contributed by atoms with Gasteiger partial charge in [0.05, 0.1) is 13.2 Å². The average molecular weight is 259 g/mol. The number of rotatable bonds is 2. The number of carbonyl (C=O) groups is 1. The molecule has 2 aliphatic rings. The molecular formula is C16H21NO2. The Kier molecular flexibility index (Phi) is 3.83. The maximum absolute atomic E-state index is 12.3. The van der Waals surface area contributed by atoms with Gasteiger partial charge in [-0.2, -0.15) is 0 Å². The minimum atomic E-state index is 0.140. The van der Waals surface area contributed by atoms with Crippen molar-refractivity contribution in [3.63, 3.8) is 0 Å². The van der Waals surface area contributed by atoms with E-state index in [0.29, 0.717) is 32.2 Å². The Bertz CT molecular complexity index is 429. The zero-order valence-electron chi connectivity index (χ0n) is 11.3. The van der Waals surface area contributed by atoms with Crippen molar-refractivity contribution < 1.29 is 9.53 Å². The quantitative estimate of drug-likeness (QED) is 0.817. The fourth-order valence-electron chi connectivity index (χ4n) is 3.11. The Morgan fingerprint density at radius 1 is 1.05 bits per heavy atom. The highest BCUT2D eigenvalue weighted by Crippen LogP contribution is 2.34. The first kappa shape index (κ1) is 12.7. The average Bonchev–Trinajstić information content (AvgIpc) is 3.02. The van der Waals surface area contributed by atoms with Crippen molar-refractivity contribution in [3.05, 3.63) is 35.4 Å². The molecule has 0 aromatic heterocycles. The van der Waals surface area contributed by atoms with Crippen LogP contribution in [0.5, 0.6) is 0 Å². The molecule has 1 aromatic carbocycles. The third-order valence-electron chi connectivity index (χ3n) is 4.28. The van der Waals surface area contributed by atoms with Crippen molar-refractivity contribution in [2.75, 3.05) is 26.3 Å². The Morgan fingerprint density at radius 2 is 1.68 bits per heavy atom. The van der Waals surface area contributed by atoms with Gasteiger partial charge in [-0.1, -0.05) is 25.0 Å². The van der Waals surface area contributed by atoms with Crippen LogP contribution in [0.2, 0.25) is 0 Å². The number of nitrogens with zero attached hydrogens (tertiary/aromatic N) is 1. The molecular weight excluding hydrogens is 238 g/mol. The first-order chi connectivity index (χ1) is 9.34. The van der Waals surface area contributed by atoms with Crippen LogP contribution in [0.4, 0.5) is 0 Å². The summed E-state index contributed by atoms with van der Waals surface area (Å²) in [5.74, 6) is 0.855. The highest BCUT2D eigenvalue weighted by atomic mass is 16.5. The number of hydrogen-bond acceptors (Lipinski definition) is 2. The summed E-state index contributed by atoms with van der Waals surface area (Å²) in [6.07, 6.45) is 5.30. The van der Waals surface area contributed by atoms with Crippen molar-refractivity contribution in [3.8, 4) is 0 Å². The summed E-state index contributed by atoms with van der Waals surface area (Å²) in [5, 5.41) is 0. The van der Waals surface area contributed by atoms with Crippen molar-refractivity contribution in [1.29, 1.82) is 0 Å². The summed E-state index contributed by atoms with van der Waals surface area (Å²) in [7, 11) is 0. The van der Waals surface area contributed by atoms with Crippen molar-refractivity contribution in [2.24, 2.45) is 0 Å². The maximum Gasteiger partial charge on any atom is 0.254 e. The van der Waals surface area contributed by atoms with Gasteiger partial charge in [0, 0.05) is 18.7 Å². The molecule has 0 bridgehead atoms. The van der Waals surface area contributed by atoms with E-state index >= 15 is 0 Å². The molecule has 1 aromatic rings. The van der Waals surface area contributed by atoms with Crippen LogP contribution in [-0.2, 0) is 4.74 Å². The number of morpholine rings is 1. The second kappa shape index (κ2) is 5.74. The number of carbonyl (C=O) groups excluding carboxylic acids is 1. The molecule has 0 spiro atoms. The van der Waals surface area contributed by atoms with Crippen molar-refractivity contribution in [1.82, 2.24) is 4.90 Å². The summed E-state index contributed by atoms with van der Waals surface area (Å²) in [5.41, 5.74) is 2.21. The Labute approximate surface area is 114 Å². The topological polar surface area (TPSA) is 29.5 Å². The summed E-state index contributed by atoms with van der Waals surface area (Å²) >= 11 is 0. The highest BCUT2D eigenvalue weighted by molar-refractivity contribution is 5.94. The second-order valence-electron chi connectivity index (χ2n) is 5.51. The van der Waals surface area contributed by atoms with Crippen LogP contribution in [-0.4, -0.2) is 37.1 Å². The van der Waals surface area contributed by atoms with E-state index in [-0.39, 0.29) is 5.91 Å². The van der Waals surface area contributed by atoms with E-state index in [1.54, 1.807) is 0 Å². The zero-order chi connectivity index (χ0) is 13.1. The van der Waals surface area contributed by atoms with E-state index < -0.39 is 0 Å². The molecule has 0 N–H and O–H groups in total. The lowest BCUT2D eigenvalue weighted by Crippen LogP contribution is -2.40. The first-order valence-electron chi connectivity index (χ1n) is 7.31. The van der Waals surface area contributed by atoms with Crippen LogP contribution >= 0.6 is 0 Å². The molecule has 3 nitrogen and oxygen atoms in total. The van der Waals surface area contributed by atoms with Gasteiger partial charge in [-0.25, -0.2) is 0 Å². The van der Waals surface area contributed by atoms with Gasteiger partial charge in [0.2, 0.25) is 0 Å². The molecule has 1 saturated carbocycles. The lowest BCUT2D eigenvalue weighted by atomic mass is 9.96. The van der Waals surface area contributed by atoms with Crippen LogP contribution < -0.4 is 0 Å². The fraction of sp³-hybridized carbons (Fsp3) is 0.562. The fourth-order valence-corrected chi connectivity index (χ4v) is 3.11. The molecule has 3 rings (SSSR count). The normalized spacial score (nSPS) is 20.7. The predicted octanol–water partition coefficient (Wildman–Crippen LogP) is 2.82. The van der Waals surface area contributed by atoms with E-state index in [2.05, 4.69) is 12.1 Å². The zero-order valence-corrected chi connectivity index (χ0v) is 11.3. The minimum absolute atomic E-state index is 0.140. The van der Waals surface area contributed by atoms with E-state index in [0.717, 1.165) is 5.56 Å². The summed E-state index contributed by atoms with van der Waals surface area (Å²) < 4.78 is 5.28. The highest BCUT2D eigenvalue weighted by Gasteiger charge is 2.20.